The topological polar surface area (TPSA) is 45.2 Å². The van der Waals surface area contributed by atoms with E-state index in [4.69, 9.17) is 0 Å². The molecule has 0 saturated carbocycles. The first-order valence-electron chi connectivity index (χ1n) is 9.36. The van der Waals surface area contributed by atoms with Crippen molar-refractivity contribution in [2.45, 2.75) is 38.3 Å². The molecule has 3 saturated heterocycles. The molecular weight excluding hydrogens is 342 g/mol. The molecule has 5 heteroatoms. The van der Waals surface area contributed by atoms with Gasteiger partial charge in [-0.2, -0.15) is 0 Å². The first-order chi connectivity index (χ1) is 12.7. The van der Waals surface area contributed by atoms with Gasteiger partial charge < -0.3 is 5.32 Å². The number of hydrogen-bond acceptors (Lipinski definition) is 4. The molecule has 0 spiro atoms. The lowest BCUT2D eigenvalue weighted by Crippen LogP contribution is -2.64. The average molecular weight is 368 g/mol. The number of nitrogens with one attached hydrogen (secondary N) is 1. The van der Waals surface area contributed by atoms with E-state index in [9.17, 15) is 4.79 Å². The quantitative estimate of drug-likeness (QED) is 0.825. The summed E-state index contributed by atoms with van der Waals surface area (Å²) in [6, 6.07) is 6.80. The molecule has 2 unspecified atom stereocenters. The maximum atomic E-state index is 12.6. The van der Waals surface area contributed by atoms with Crippen LogP contribution in [0.1, 0.15) is 28.8 Å². The number of hydrogen-bond donors (Lipinski definition) is 1. The monoisotopic (exact) mass is 367 g/mol. The summed E-state index contributed by atoms with van der Waals surface area (Å²) >= 11 is 1.67. The second-order valence-electron chi connectivity index (χ2n) is 7.34. The number of piperidine rings is 3. The van der Waals surface area contributed by atoms with Crippen LogP contribution in [0.15, 0.2) is 42.0 Å². The number of aromatic nitrogens is 1. The van der Waals surface area contributed by atoms with Crippen LogP contribution < -0.4 is 5.32 Å². The zero-order valence-corrected chi connectivity index (χ0v) is 15.9. The Balaban J connectivity index is 1.46. The lowest BCUT2D eigenvalue weighted by atomic mass is 9.77. The summed E-state index contributed by atoms with van der Waals surface area (Å²) in [5, 5.41) is 5.38. The number of fused-ring (bicyclic) bond motifs is 3. The molecule has 4 nitrogen and oxygen atoms in total. The van der Waals surface area contributed by atoms with Crippen molar-refractivity contribution >= 4 is 23.3 Å². The third-order valence-electron chi connectivity index (χ3n) is 5.73. The van der Waals surface area contributed by atoms with Crippen molar-refractivity contribution in [3.8, 4) is 0 Å². The number of amides is 1. The van der Waals surface area contributed by atoms with E-state index in [-0.39, 0.29) is 11.9 Å². The van der Waals surface area contributed by atoms with Crippen LogP contribution in [0.3, 0.4) is 0 Å². The van der Waals surface area contributed by atoms with Gasteiger partial charge >= 0.3 is 0 Å². The molecule has 136 valence electrons. The highest BCUT2D eigenvalue weighted by molar-refractivity contribution is 7.11. The second-order valence-corrected chi connectivity index (χ2v) is 8.29. The van der Waals surface area contributed by atoms with Gasteiger partial charge in [-0.05, 0) is 79.9 Å². The molecule has 3 aliphatic heterocycles. The van der Waals surface area contributed by atoms with Crippen LogP contribution in [0.2, 0.25) is 0 Å². The van der Waals surface area contributed by atoms with Gasteiger partial charge in [-0.3, -0.25) is 14.7 Å². The molecule has 3 fully saturated rings. The van der Waals surface area contributed by atoms with Gasteiger partial charge in [0.15, 0.2) is 0 Å². The third kappa shape index (κ3) is 3.74. The van der Waals surface area contributed by atoms with Gasteiger partial charge in [0.2, 0.25) is 5.91 Å². The summed E-state index contributed by atoms with van der Waals surface area (Å²) < 4.78 is 0. The van der Waals surface area contributed by atoms with E-state index in [0.29, 0.717) is 12.0 Å². The van der Waals surface area contributed by atoms with Gasteiger partial charge in [0, 0.05) is 35.4 Å². The molecule has 3 aliphatic rings. The number of nitrogens with zero attached hydrogens (tertiary/aromatic N) is 2. The van der Waals surface area contributed by atoms with Crippen LogP contribution in [-0.4, -0.2) is 41.0 Å². The van der Waals surface area contributed by atoms with Crippen LogP contribution in [0.4, 0.5) is 0 Å². The van der Waals surface area contributed by atoms with Crippen molar-refractivity contribution in [3.63, 3.8) is 0 Å². The Kier molecular flexibility index (Phi) is 5.18. The van der Waals surface area contributed by atoms with Gasteiger partial charge in [-0.25, -0.2) is 0 Å². The average Bonchev–Trinajstić information content (AvgIpc) is 3.08. The predicted octanol–water partition coefficient (Wildman–Crippen LogP) is 3.29. The summed E-state index contributed by atoms with van der Waals surface area (Å²) in [5.74, 6) is 0.607. The number of thiophene rings is 1. The highest BCUT2D eigenvalue weighted by Gasteiger charge is 2.42. The minimum Gasteiger partial charge on any atom is -0.348 e. The van der Waals surface area contributed by atoms with Crippen LogP contribution in [0, 0.1) is 12.8 Å². The minimum absolute atomic E-state index is 0.0211. The van der Waals surface area contributed by atoms with Crippen LogP contribution in [0.25, 0.3) is 6.08 Å². The first-order valence-corrected chi connectivity index (χ1v) is 10.2. The van der Waals surface area contributed by atoms with Crippen molar-refractivity contribution in [2.24, 2.45) is 5.92 Å². The number of rotatable bonds is 5. The Morgan fingerprint density at radius 3 is 2.92 bits per heavy atom. The fourth-order valence-electron chi connectivity index (χ4n) is 4.30. The molecule has 5 rings (SSSR count). The largest absolute Gasteiger partial charge is 0.348 e. The molecule has 0 aliphatic carbocycles. The predicted molar refractivity (Wildman–Crippen MR) is 106 cm³/mol. The highest BCUT2D eigenvalue weighted by Crippen LogP contribution is 2.34. The highest BCUT2D eigenvalue weighted by atomic mass is 32.1. The Morgan fingerprint density at radius 1 is 1.38 bits per heavy atom. The van der Waals surface area contributed by atoms with Crippen molar-refractivity contribution in [1.29, 1.82) is 0 Å². The summed E-state index contributed by atoms with van der Waals surface area (Å²) in [4.78, 5) is 20.5. The van der Waals surface area contributed by atoms with Crippen molar-refractivity contribution < 1.29 is 4.79 Å². The van der Waals surface area contributed by atoms with Crippen molar-refractivity contribution in [2.75, 3.05) is 13.1 Å². The van der Waals surface area contributed by atoms with Gasteiger partial charge in [-0.1, -0.05) is 6.07 Å². The smallest absolute Gasteiger partial charge is 0.244 e. The SMILES string of the molecule is Cc1ccsc1/C=C/C(=O)NC1C2CCN(CC2)C1Cc1cccnc1. The maximum absolute atomic E-state index is 12.6. The molecular formula is C21H25N3OS. The number of carbonyl (C=O) groups excluding carboxylic acids is 1. The number of pyridine rings is 1. The lowest BCUT2D eigenvalue weighted by molar-refractivity contribution is -0.119. The third-order valence-corrected chi connectivity index (χ3v) is 6.71. The molecule has 26 heavy (non-hydrogen) atoms. The van der Waals surface area contributed by atoms with Crippen LogP contribution in [-0.2, 0) is 11.2 Å². The number of aryl methyl sites for hydroxylation is 1. The normalized spacial score (nSPS) is 27.7. The summed E-state index contributed by atoms with van der Waals surface area (Å²) in [7, 11) is 0. The molecule has 2 bridgehead atoms. The van der Waals surface area contributed by atoms with Gasteiger partial charge in [0.25, 0.3) is 0 Å². The van der Waals surface area contributed by atoms with Crippen LogP contribution >= 0.6 is 11.3 Å². The molecule has 2 aromatic heterocycles. The molecule has 0 radical (unpaired) electrons. The van der Waals surface area contributed by atoms with Gasteiger partial charge in [0.05, 0.1) is 0 Å². The molecule has 5 heterocycles. The summed E-state index contributed by atoms with van der Waals surface area (Å²) in [5.41, 5.74) is 2.46. The van der Waals surface area contributed by atoms with E-state index in [1.54, 1.807) is 17.4 Å². The van der Waals surface area contributed by atoms with E-state index >= 15 is 0 Å². The molecule has 1 amide bonds. The first kappa shape index (κ1) is 17.4. The fraction of sp³-hybridized carbons (Fsp3) is 0.429. The molecule has 0 aromatic carbocycles. The Labute approximate surface area is 158 Å². The zero-order valence-electron chi connectivity index (χ0n) is 15.1. The summed E-state index contributed by atoms with van der Waals surface area (Å²) in [6.45, 7) is 4.36. The van der Waals surface area contributed by atoms with Crippen molar-refractivity contribution in [3.05, 3.63) is 58.1 Å². The van der Waals surface area contributed by atoms with Gasteiger partial charge in [-0.15, -0.1) is 11.3 Å². The maximum Gasteiger partial charge on any atom is 0.244 e. The second kappa shape index (κ2) is 7.72. The fourth-order valence-corrected chi connectivity index (χ4v) is 5.12. The Bertz CT molecular complexity index is 778. The minimum atomic E-state index is 0.0211. The molecule has 2 aromatic rings. The summed E-state index contributed by atoms with van der Waals surface area (Å²) in [6.07, 6.45) is 10.7. The Morgan fingerprint density at radius 2 is 2.23 bits per heavy atom. The van der Waals surface area contributed by atoms with E-state index in [1.807, 2.05) is 24.5 Å². The molecule has 2 atom stereocenters. The lowest BCUT2D eigenvalue weighted by Gasteiger charge is -2.51. The Hall–Kier alpha value is -1.98. The van der Waals surface area contributed by atoms with E-state index in [1.165, 1.54) is 24.0 Å². The standard InChI is InChI=1S/C21H25N3OS/c1-15-8-12-26-19(15)4-5-20(25)23-21-17-6-10-24(11-7-17)18(21)13-16-3-2-9-22-14-16/h2-5,8-9,12,14,17-18,21H,6-7,10-11,13H2,1H3,(H,23,25)/b5-4+. The van der Waals surface area contributed by atoms with E-state index in [2.05, 4.69) is 39.6 Å². The van der Waals surface area contributed by atoms with Gasteiger partial charge in [0.1, 0.15) is 0 Å². The zero-order chi connectivity index (χ0) is 17.9. The van der Waals surface area contributed by atoms with Crippen molar-refractivity contribution in [1.82, 2.24) is 15.2 Å². The number of carbonyl (C=O) groups is 1. The van der Waals surface area contributed by atoms with E-state index < -0.39 is 0 Å². The molecule has 1 N–H and O–H groups in total. The van der Waals surface area contributed by atoms with E-state index in [0.717, 1.165) is 24.4 Å². The van der Waals surface area contributed by atoms with Crippen LogP contribution in [0.5, 0.6) is 0 Å².